The van der Waals surface area contributed by atoms with Gasteiger partial charge in [-0.3, -0.25) is 0 Å². The Bertz CT molecular complexity index is 418. The molecule has 0 heterocycles. The number of fused-ring (bicyclic) bond motifs is 1. The molecule has 12 heavy (non-hydrogen) atoms. The van der Waals surface area contributed by atoms with E-state index in [9.17, 15) is 0 Å². The van der Waals surface area contributed by atoms with Gasteiger partial charge in [0, 0.05) is 4.90 Å². The number of hydrogen-bond acceptors (Lipinski definition) is 1. The van der Waals surface area contributed by atoms with Gasteiger partial charge in [-0.25, -0.2) is 0 Å². The summed E-state index contributed by atoms with van der Waals surface area (Å²) in [5, 5.41) is 2.58. The maximum absolute atomic E-state index is 4.33. The molecule has 0 fully saturated rings. The van der Waals surface area contributed by atoms with Crippen LogP contribution in [0.2, 0.25) is 0 Å². The Labute approximate surface area is 77.6 Å². The summed E-state index contributed by atoms with van der Waals surface area (Å²) in [7, 11) is 0. The molecule has 0 spiro atoms. The fourth-order valence-electron chi connectivity index (χ4n) is 1.48. The van der Waals surface area contributed by atoms with Crippen molar-refractivity contribution in [3.8, 4) is 0 Å². The molecule has 0 atom stereocenters. The lowest BCUT2D eigenvalue weighted by Crippen LogP contribution is -1.78. The fraction of sp³-hybridized carbons (Fsp3) is 0.0909. The Kier molecular flexibility index (Phi) is 1.81. The van der Waals surface area contributed by atoms with Crippen molar-refractivity contribution in [2.75, 3.05) is 0 Å². The van der Waals surface area contributed by atoms with E-state index in [0.717, 1.165) is 4.90 Å². The maximum Gasteiger partial charge on any atom is 0.00490 e. The molecule has 2 aromatic carbocycles. The molecular weight excluding hydrogens is 164 g/mol. The van der Waals surface area contributed by atoms with Crippen LogP contribution >= 0.6 is 12.6 Å². The third-order valence-corrected chi connectivity index (χ3v) is 2.31. The lowest BCUT2D eigenvalue weighted by Gasteiger charge is -2.02. The highest BCUT2D eigenvalue weighted by Crippen LogP contribution is 2.21. The Hall–Kier alpha value is -0.950. The molecule has 0 aliphatic carbocycles. The summed E-state index contributed by atoms with van der Waals surface area (Å²) in [6.45, 7) is 2.11. The van der Waals surface area contributed by atoms with Gasteiger partial charge in [-0.05, 0) is 35.4 Å². The van der Waals surface area contributed by atoms with Crippen LogP contribution < -0.4 is 0 Å². The molecule has 0 aliphatic heterocycles. The third-order valence-electron chi connectivity index (χ3n) is 2.05. The molecule has 0 saturated heterocycles. The van der Waals surface area contributed by atoms with E-state index in [1.54, 1.807) is 0 Å². The van der Waals surface area contributed by atoms with Crippen LogP contribution in [0.4, 0.5) is 0 Å². The second kappa shape index (κ2) is 2.83. The Morgan fingerprint density at radius 3 is 2.67 bits per heavy atom. The summed E-state index contributed by atoms with van der Waals surface area (Å²) in [4.78, 5) is 1.03. The van der Waals surface area contributed by atoms with E-state index in [4.69, 9.17) is 0 Å². The molecule has 0 amide bonds. The lowest BCUT2D eigenvalue weighted by atomic mass is 10.1. The minimum atomic E-state index is 1.03. The minimum absolute atomic E-state index is 1.03. The zero-order valence-electron chi connectivity index (χ0n) is 6.91. The largest absolute Gasteiger partial charge is 0.143 e. The lowest BCUT2D eigenvalue weighted by molar-refractivity contribution is 1.42. The molecule has 0 unspecified atom stereocenters. The van der Waals surface area contributed by atoms with Gasteiger partial charge in [-0.1, -0.05) is 24.3 Å². The number of rotatable bonds is 0. The van der Waals surface area contributed by atoms with Crippen LogP contribution in [0.1, 0.15) is 5.56 Å². The Morgan fingerprint density at radius 2 is 1.83 bits per heavy atom. The van der Waals surface area contributed by atoms with Crippen LogP contribution in [0.15, 0.2) is 41.3 Å². The molecule has 0 aliphatic rings. The standard InChI is InChI=1S/C11H10S/c1-8-6-10(12)7-9-4-2-3-5-11(8)9/h2-7,12H,1H3. The number of benzene rings is 2. The predicted octanol–water partition coefficient (Wildman–Crippen LogP) is 3.44. The summed E-state index contributed by atoms with van der Waals surface area (Å²) in [6, 6.07) is 12.5. The highest BCUT2D eigenvalue weighted by Gasteiger charge is 1.96. The van der Waals surface area contributed by atoms with Crippen molar-refractivity contribution in [2.24, 2.45) is 0 Å². The number of aryl methyl sites for hydroxylation is 1. The van der Waals surface area contributed by atoms with Gasteiger partial charge in [-0.2, -0.15) is 0 Å². The Balaban J connectivity index is 2.89. The maximum atomic E-state index is 4.33. The molecule has 60 valence electrons. The van der Waals surface area contributed by atoms with Gasteiger partial charge in [0.05, 0.1) is 0 Å². The first-order chi connectivity index (χ1) is 5.77. The van der Waals surface area contributed by atoms with Crippen molar-refractivity contribution >= 4 is 23.4 Å². The average molecular weight is 174 g/mol. The second-order valence-electron chi connectivity index (χ2n) is 2.98. The predicted molar refractivity (Wildman–Crippen MR) is 55.9 cm³/mol. The highest BCUT2D eigenvalue weighted by atomic mass is 32.1. The van der Waals surface area contributed by atoms with Gasteiger partial charge < -0.3 is 0 Å². The monoisotopic (exact) mass is 174 g/mol. The summed E-state index contributed by atoms with van der Waals surface area (Å²) >= 11 is 4.33. The van der Waals surface area contributed by atoms with Crippen LogP contribution in [0.25, 0.3) is 10.8 Å². The van der Waals surface area contributed by atoms with Gasteiger partial charge in [0.2, 0.25) is 0 Å². The second-order valence-corrected chi connectivity index (χ2v) is 3.50. The van der Waals surface area contributed by atoms with Crippen molar-refractivity contribution in [2.45, 2.75) is 11.8 Å². The van der Waals surface area contributed by atoms with E-state index in [0.29, 0.717) is 0 Å². The van der Waals surface area contributed by atoms with Crippen molar-refractivity contribution in [3.05, 3.63) is 42.0 Å². The number of thiol groups is 1. The van der Waals surface area contributed by atoms with E-state index < -0.39 is 0 Å². The minimum Gasteiger partial charge on any atom is -0.143 e. The fourth-order valence-corrected chi connectivity index (χ4v) is 1.82. The topological polar surface area (TPSA) is 0 Å². The zero-order valence-corrected chi connectivity index (χ0v) is 7.81. The first kappa shape index (κ1) is 7.69. The summed E-state index contributed by atoms with van der Waals surface area (Å²) in [5.74, 6) is 0. The summed E-state index contributed by atoms with van der Waals surface area (Å²) in [5.41, 5.74) is 1.29. The molecule has 0 N–H and O–H groups in total. The third kappa shape index (κ3) is 1.21. The van der Waals surface area contributed by atoms with Crippen LogP contribution in [-0.2, 0) is 0 Å². The van der Waals surface area contributed by atoms with E-state index in [2.05, 4.69) is 56.0 Å². The van der Waals surface area contributed by atoms with E-state index in [-0.39, 0.29) is 0 Å². The molecular formula is C11H10S. The first-order valence-corrected chi connectivity index (χ1v) is 4.40. The molecule has 0 radical (unpaired) electrons. The van der Waals surface area contributed by atoms with Crippen molar-refractivity contribution in [3.63, 3.8) is 0 Å². The first-order valence-electron chi connectivity index (χ1n) is 3.96. The average Bonchev–Trinajstić information content (AvgIpc) is 2.04. The molecule has 2 aromatic rings. The van der Waals surface area contributed by atoms with Crippen LogP contribution in [-0.4, -0.2) is 0 Å². The van der Waals surface area contributed by atoms with E-state index in [1.807, 2.05) is 0 Å². The molecule has 2 rings (SSSR count). The highest BCUT2D eigenvalue weighted by molar-refractivity contribution is 7.80. The molecule has 0 nitrogen and oxygen atoms in total. The van der Waals surface area contributed by atoms with Gasteiger partial charge in [0.15, 0.2) is 0 Å². The zero-order chi connectivity index (χ0) is 8.55. The van der Waals surface area contributed by atoms with Gasteiger partial charge in [0.25, 0.3) is 0 Å². The van der Waals surface area contributed by atoms with Crippen LogP contribution in [0, 0.1) is 6.92 Å². The SMILES string of the molecule is Cc1cc(S)cc2ccccc12. The van der Waals surface area contributed by atoms with Crippen LogP contribution in [0.5, 0.6) is 0 Å². The molecule has 0 saturated carbocycles. The molecule has 1 heteroatoms. The van der Waals surface area contributed by atoms with E-state index in [1.165, 1.54) is 16.3 Å². The Morgan fingerprint density at radius 1 is 1.08 bits per heavy atom. The van der Waals surface area contributed by atoms with Crippen LogP contribution in [0.3, 0.4) is 0 Å². The van der Waals surface area contributed by atoms with E-state index >= 15 is 0 Å². The normalized spacial score (nSPS) is 10.5. The van der Waals surface area contributed by atoms with Crippen molar-refractivity contribution in [1.29, 1.82) is 0 Å². The van der Waals surface area contributed by atoms with Gasteiger partial charge in [0.1, 0.15) is 0 Å². The van der Waals surface area contributed by atoms with Gasteiger partial charge in [-0.15, -0.1) is 12.6 Å². The van der Waals surface area contributed by atoms with Crippen molar-refractivity contribution < 1.29 is 0 Å². The number of hydrogen-bond donors (Lipinski definition) is 1. The molecule has 0 bridgehead atoms. The summed E-state index contributed by atoms with van der Waals surface area (Å²) in [6.07, 6.45) is 0. The molecule has 0 aromatic heterocycles. The van der Waals surface area contributed by atoms with Gasteiger partial charge >= 0.3 is 0 Å². The quantitative estimate of drug-likeness (QED) is 0.581. The smallest absolute Gasteiger partial charge is 0.00490 e. The van der Waals surface area contributed by atoms with Crippen molar-refractivity contribution in [1.82, 2.24) is 0 Å². The summed E-state index contributed by atoms with van der Waals surface area (Å²) < 4.78 is 0.